The van der Waals surface area contributed by atoms with Crippen molar-refractivity contribution in [2.24, 2.45) is 0 Å². The van der Waals surface area contributed by atoms with Gasteiger partial charge in [-0.1, -0.05) is 12.1 Å². The molecule has 6 heteroatoms. The summed E-state index contributed by atoms with van der Waals surface area (Å²) in [5, 5.41) is 2.66. The van der Waals surface area contributed by atoms with Crippen molar-refractivity contribution in [3.63, 3.8) is 0 Å². The number of para-hydroxylation sites is 2. The van der Waals surface area contributed by atoms with Crippen molar-refractivity contribution in [1.29, 1.82) is 0 Å². The van der Waals surface area contributed by atoms with Gasteiger partial charge in [0, 0.05) is 19.2 Å². The van der Waals surface area contributed by atoms with Gasteiger partial charge in [-0.05, 0) is 18.2 Å². The second-order valence-corrected chi connectivity index (χ2v) is 4.15. The van der Waals surface area contributed by atoms with Gasteiger partial charge in [-0.2, -0.15) is 0 Å². The molecule has 21 heavy (non-hydrogen) atoms. The van der Waals surface area contributed by atoms with Crippen LogP contribution in [0.3, 0.4) is 0 Å². The standard InChI is InChI=1S/C15H14N2O4/c1-10(18)17-12-5-3-4-6-13(12)21-14-9-11(7-8-16-14)15(19)20-2/h3-9H,1-2H3,(H,17,18). The fourth-order valence-electron chi connectivity index (χ4n) is 1.67. The Morgan fingerprint density at radius 2 is 1.95 bits per heavy atom. The summed E-state index contributed by atoms with van der Waals surface area (Å²) in [6, 6.07) is 9.94. The van der Waals surface area contributed by atoms with Gasteiger partial charge in [0.25, 0.3) is 0 Å². The molecule has 0 aliphatic rings. The highest BCUT2D eigenvalue weighted by Gasteiger charge is 2.10. The molecule has 1 aromatic heterocycles. The molecule has 0 spiro atoms. The van der Waals surface area contributed by atoms with E-state index in [-0.39, 0.29) is 11.8 Å². The number of pyridine rings is 1. The molecular weight excluding hydrogens is 272 g/mol. The number of aromatic nitrogens is 1. The lowest BCUT2D eigenvalue weighted by Crippen LogP contribution is -2.07. The molecule has 1 aromatic carbocycles. The summed E-state index contributed by atoms with van der Waals surface area (Å²) < 4.78 is 10.3. The van der Waals surface area contributed by atoms with E-state index in [0.717, 1.165) is 0 Å². The molecule has 0 unspecified atom stereocenters. The van der Waals surface area contributed by atoms with Crippen LogP contribution in [0, 0.1) is 0 Å². The van der Waals surface area contributed by atoms with E-state index in [0.29, 0.717) is 17.0 Å². The van der Waals surface area contributed by atoms with Crippen LogP contribution < -0.4 is 10.1 Å². The summed E-state index contributed by atoms with van der Waals surface area (Å²) in [6.45, 7) is 1.41. The zero-order valence-corrected chi connectivity index (χ0v) is 11.6. The van der Waals surface area contributed by atoms with Crippen LogP contribution in [0.5, 0.6) is 11.6 Å². The van der Waals surface area contributed by atoms with Crippen LogP contribution in [0.25, 0.3) is 0 Å². The summed E-state index contributed by atoms with van der Waals surface area (Å²) in [5.41, 5.74) is 0.856. The first-order valence-electron chi connectivity index (χ1n) is 6.19. The van der Waals surface area contributed by atoms with Crippen molar-refractivity contribution in [2.45, 2.75) is 6.92 Å². The van der Waals surface area contributed by atoms with Gasteiger partial charge in [0.05, 0.1) is 18.4 Å². The number of nitrogens with zero attached hydrogens (tertiary/aromatic N) is 1. The molecule has 0 aliphatic heterocycles. The molecule has 0 fully saturated rings. The number of carbonyl (C=O) groups is 2. The molecule has 108 valence electrons. The number of hydrogen-bond donors (Lipinski definition) is 1. The molecule has 1 amide bonds. The van der Waals surface area contributed by atoms with Crippen molar-refractivity contribution in [3.05, 3.63) is 48.2 Å². The largest absolute Gasteiger partial charge is 0.465 e. The normalized spacial score (nSPS) is 9.81. The highest BCUT2D eigenvalue weighted by Crippen LogP contribution is 2.28. The number of benzene rings is 1. The van der Waals surface area contributed by atoms with E-state index in [1.165, 1.54) is 32.4 Å². The zero-order chi connectivity index (χ0) is 15.2. The number of carbonyl (C=O) groups excluding carboxylic acids is 2. The summed E-state index contributed by atoms with van der Waals surface area (Å²) in [4.78, 5) is 26.7. The van der Waals surface area contributed by atoms with Crippen molar-refractivity contribution in [3.8, 4) is 11.6 Å². The van der Waals surface area contributed by atoms with Gasteiger partial charge in [0.2, 0.25) is 11.8 Å². The van der Waals surface area contributed by atoms with E-state index in [4.69, 9.17) is 4.74 Å². The third kappa shape index (κ3) is 3.79. The molecule has 0 saturated carbocycles. The van der Waals surface area contributed by atoms with Crippen molar-refractivity contribution in [2.75, 3.05) is 12.4 Å². The third-order valence-corrected chi connectivity index (χ3v) is 2.57. The minimum absolute atomic E-state index is 0.206. The van der Waals surface area contributed by atoms with Crippen molar-refractivity contribution >= 4 is 17.6 Å². The summed E-state index contributed by atoms with van der Waals surface area (Å²) in [6.07, 6.45) is 1.45. The Morgan fingerprint density at radius 1 is 1.19 bits per heavy atom. The van der Waals surface area contributed by atoms with Crippen LogP contribution in [-0.2, 0) is 9.53 Å². The molecule has 2 rings (SSSR count). The van der Waals surface area contributed by atoms with Crippen LogP contribution in [-0.4, -0.2) is 24.0 Å². The van der Waals surface area contributed by atoms with E-state index >= 15 is 0 Å². The van der Waals surface area contributed by atoms with Gasteiger partial charge in [0.15, 0.2) is 5.75 Å². The van der Waals surface area contributed by atoms with Crippen LogP contribution in [0.1, 0.15) is 17.3 Å². The number of hydrogen-bond acceptors (Lipinski definition) is 5. The molecule has 0 saturated heterocycles. The predicted molar refractivity (Wildman–Crippen MR) is 76.4 cm³/mol. The zero-order valence-electron chi connectivity index (χ0n) is 11.6. The molecule has 0 aliphatic carbocycles. The van der Waals surface area contributed by atoms with Gasteiger partial charge in [-0.3, -0.25) is 4.79 Å². The summed E-state index contributed by atoms with van der Waals surface area (Å²) in [5.74, 6) is -0.0161. The van der Waals surface area contributed by atoms with Crippen LogP contribution in [0.4, 0.5) is 5.69 Å². The third-order valence-electron chi connectivity index (χ3n) is 2.57. The van der Waals surface area contributed by atoms with Crippen molar-refractivity contribution < 1.29 is 19.1 Å². The Bertz CT molecular complexity index is 670. The first-order valence-corrected chi connectivity index (χ1v) is 6.19. The second kappa shape index (κ2) is 6.51. The smallest absolute Gasteiger partial charge is 0.338 e. The highest BCUT2D eigenvalue weighted by molar-refractivity contribution is 5.90. The van der Waals surface area contributed by atoms with Gasteiger partial charge >= 0.3 is 5.97 Å². The maximum atomic E-state index is 11.5. The lowest BCUT2D eigenvalue weighted by atomic mass is 10.2. The van der Waals surface area contributed by atoms with Crippen molar-refractivity contribution in [1.82, 2.24) is 4.98 Å². The predicted octanol–water partition coefficient (Wildman–Crippen LogP) is 2.62. The molecule has 0 bridgehead atoms. The Balaban J connectivity index is 2.26. The number of rotatable bonds is 4. The van der Waals surface area contributed by atoms with Gasteiger partial charge < -0.3 is 14.8 Å². The minimum atomic E-state index is -0.475. The number of methoxy groups -OCH3 is 1. The average Bonchev–Trinajstić information content (AvgIpc) is 2.48. The number of amides is 1. The molecule has 6 nitrogen and oxygen atoms in total. The summed E-state index contributed by atoms with van der Waals surface area (Å²) in [7, 11) is 1.30. The maximum absolute atomic E-state index is 11.5. The first kappa shape index (κ1) is 14.5. The minimum Gasteiger partial charge on any atom is -0.465 e. The molecule has 1 N–H and O–H groups in total. The van der Waals surface area contributed by atoms with E-state index in [1.54, 1.807) is 24.3 Å². The average molecular weight is 286 g/mol. The topological polar surface area (TPSA) is 77.5 Å². The van der Waals surface area contributed by atoms with E-state index in [9.17, 15) is 9.59 Å². The maximum Gasteiger partial charge on any atom is 0.338 e. The van der Waals surface area contributed by atoms with E-state index in [2.05, 4.69) is 15.0 Å². The molecule has 2 aromatic rings. The van der Waals surface area contributed by atoms with Crippen LogP contribution >= 0.6 is 0 Å². The lowest BCUT2D eigenvalue weighted by molar-refractivity contribution is -0.114. The van der Waals surface area contributed by atoms with Gasteiger partial charge in [0.1, 0.15) is 0 Å². The summed E-state index contributed by atoms with van der Waals surface area (Å²) >= 11 is 0. The SMILES string of the molecule is COC(=O)c1ccnc(Oc2ccccc2NC(C)=O)c1. The highest BCUT2D eigenvalue weighted by atomic mass is 16.5. The van der Waals surface area contributed by atoms with E-state index in [1.807, 2.05) is 0 Å². The van der Waals surface area contributed by atoms with Crippen LogP contribution in [0.15, 0.2) is 42.6 Å². The van der Waals surface area contributed by atoms with E-state index < -0.39 is 5.97 Å². The van der Waals surface area contributed by atoms with Crippen LogP contribution in [0.2, 0.25) is 0 Å². The number of nitrogens with one attached hydrogen (secondary N) is 1. The quantitative estimate of drug-likeness (QED) is 0.874. The number of ether oxygens (including phenoxy) is 2. The Morgan fingerprint density at radius 3 is 2.67 bits per heavy atom. The molecular formula is C15H14N2O4. The Kier molecular flexibility index (Phi) is 4.50. The second-order valence-electron chi connectivity index (χ2n) is 4.15. The monoisotopic (exact) mass is 286 g/mol. The number of anilines is 1. The number of esters is 1. The molecule has 0 radical (unpaired) electrons. The first-order chi connectivity index (χ1) is 10.1. The fourth-order valence-corrected chi connectivity index (χ4v) is 1.67. The Labute approximate surface area is 121 Å². The Hall–Kier alpha value is -2.89. The molecule has 0 atom stereocenters. The van der Waals surface area contributed by atoms with Gasteiger partial charge in [-0.25, -0.2) is 9.78 Å². The molecule has 1 heterocycles. The van der Waals surface area contributed by atoms with Gasteiger partial charge in [-0.15, -0.1) is 0 Å². The lowest BCUT2D eigenvalue weighted by Gasteiger charge is -2.10. The fraction of sp³-hybridized carbons (Fsp3) is 0.133.